The summed E-state index contributed by atoms with van der Waals surface area (Å²) in [5, 5.41) is 14.9. The highest BCUT2D eigenvalue weighted by Crippen LogP contribution is 2.35. The molecule has 0 spiro atoms. The Bertz CT molecular complexity index is 819. The summed E-state index contributed by atoms with van der Waals surface area (Å²) in [5.41, 5.74) is 0.854. The smallest absolute Gasteiger partial charge is 0.291 e. The van der Waals surface area contributed by atoms with Crippen molar-refractivity contribution in [2.75, 3.05) is 0 Å². The van der Waals surface area contributed by atoms with E-state index in [4.69, 9.17) is 0 Å². The van der Waals surface area contributed by atoms with Crippen molar-refractivity contribution in [2.24, 2.45) is 0 Å². The van der Waals surface area contributed by atoms with Crippen LogP contribution in [0.5, 0.6) is 0 Å². The second-order valence-corrected chi connectivity index (χ2v) is 5.42. The van der Waals surface area contributed by atoms with E-state index in [9.17, 15) is 4.79 Å². The van der Waals surface area contributed by atoms with Gasteiger partial charge in [0.1, 0.15) is 12.7 Å². The number of aromatic nitrogens is 6. The Morgan fingerprint density at radius 3 is 2.83 bits per heavy atom. The van der Waals surface area contributed by atoms with Gasteiger partial charge in [-0.3, -0.25) is 4.79 Å². The molecule has 116 valence electrons. The fraction of sp³-hybridized carbons (Fsp3) is 0.267. The van der Waals surface area contributed by atoms with Crippen molar-refractivity contribution in [1.29, 1.82) is 0 Å². The highest BCUT2D eigenvalue weighted by Gasteiger charge is 2.26. The molecule has 0 radical (unpaired) electrons. The van der Waals surface area contributed by atoms with Crippen molar-refractivity contribution >= 4 is 5.91 Å². The van der Waals surface area contributed by atoms with Gasteiger partial charge in [-0.15, -0.1) is 15.3 Å². The highest BCUT2D eigenvalue weighted by atomic mass is 16.2. The molecule has 0 atom stereocenters. The molecule has 1 aromatic carbocycles. The lowest BCUT2D eigenvalue weighted by atomic mass is 10.3. The van der Waals surface area contributed by atoms with E-state index in [-0.39, 0.29) is 11.7 Å². The molecule has 1 aliphatic rings. The van der Waals surface area contributed by atoms with Crippen LogP contribution in [0, 0.1) is 0 Å². The lowest BCUT2D eigenvalue weighted by Crippen LogP contribution is -2.25. The minimum absolute atomic E-state index is 0.131. The molecule has 2 heterocycles. The molecule has 8 heteroatoms. The zero-order valence-corrected chi connectivity index (χ0v) is 12.3. The van der Waals surface area contributed by atoms with Gasteiger partial charge in [0.2, 0.25) is 5.82 Å². The van der Waals surface area contributed by atoms with Crippen molar-refractivity contribution in [2.45, 2.75) is 25.4 Å². The number of amides is 1. The normalized spacial score (nSPS) is 13.9. The van der Waals surface area contributed by atoms with Gasteiger partial charge in [0, 0.05) is 6.04 Å². The summed E-state index contributed by atoms with van der Waals surface area (Å²) in [4.78, 5) is 16.2. The summed E-state index contributed by atoms with van der Waals surface area (Å²) in [7, 11) is 0. The lowest BCUT2D eigenvalue weighted by molar-refractivity contribution is 0.0939. The first-order valence-corrected chi connectivity index (χ1v) is 7.45. The summed E-state index contributed by atoms with van der Waals surface area (Å²) in [5.74, 6) is 0.555. The third-order valence-corrected chi connectivity index (χ3v) is 3.71. The first-order valence-electron chi connectivity index (χ1n) is 7.45. The molecular weight excluding hydrogens is 294 g/mol. The quantitative estimate of drug-likeness (QED) is 0.763. The topological polar surface area (TPSA) is 90.5 Å². The van der Waals surface area contributed by atoms with E-state index in [1.165, 1.54) is 6.33 Å². The number of hydrogen-bond acceptors (Lipinski definition) is 5. The van der Waals surface area contributed by atoms with Crippen LogP contribution in [0.4, 0.5) is 0 Å². The van der Waals surface area contributed by atoms with E-state index >= 15 is 0 Å². The average molecular weight is 309 g/mol. The predicted octanol–water partition coefficient (Wildman–Crippen LogP) is 1.12. The van der Waals surface area contributed by atoms with Crippen molar-refractivity contribution in [3.05, 3.63) is 54.6 Å². The molecule has 0 aliphatic heterocycles. The zero-order chi connectivity index (χ0) is 15.6. The molecule has 2 aromatic heterocycles. The van der Waals surface area contributed by atoms with E-state index in [2.05, 4.69) is 25.6 Å². The minimum Gasteiger partial charge on any atom is -0.342 e. The van der Waals surface area contributed by atoms with Crippen LogP contribution in [0.1, 0.15) is 35.3 Å². The monoisotopic (exact) mass is 309 g/mol. The van der Waals surface area contributed by atoms with Gasteiger partial charge >= 0.3 is 0 Å². The molecule has 3 aromatic rings. The molecule has 8 nitrogen and oxygen atoms in total. The Kier molecular flexibility index (Phi) is 3.34. The van der Waals surface area contributed by atoms with Crippen LogP contribution in [-0.4, -0.2) is 35.4 Å². The van der Waals surface area contributed by atoms with Crippen molar-refractivity contribution in [3.63, 3.8) is 0 Å². The Labute approximate surface area is 132 Å². The van der Waals surface area contributed by atoms with Crippen molar-refractivity contribution in [3.8, 4) is 5.69 Å². The van der Waals surface area contributed by atoms with Crippen LogP contribution >= 0.6 is 0 Å². The molecule has 1 N–H and O–H groups in total. The molecule has 23 heavy (non-hydrogen) atoms. The van der Waals surface area contributed by atoms with Gasteiger partial charge < -0.3 is 9.88 Å². The summed E-state index contributed by atoms with van der Waals surface area (Å²) in [6.45, 7) is 0.315. The van der Waals surface area contributed by atoms with Crippen LogP contribution in [0.25, 0.3) is 5.69 Å². The van der Waals surface area contributed by atoms with E-state index in [0.29, 0.717) is 12.6 Å². The number of nitrogens with zero attached hydrogens (tertiary/aromatic N) is 6. The largest absolute Gasteiger partial charge is 0.342 e. The first kappa shape index (κ1) is 13.6. The van der Waals surface area contributed by atoms with Crippen LogP contribution in [0.3, 0.4) is 0 Å². The van der Waals surface area contributed by atoms with Gasteiger partial charge in [0.15, 0.2) is 5.82 Å². The average Bonchev–Trinajstić information content (AvgIpc) is 3.13. The van der Waals surface area contributed by atoms with Crippen molar-refractivity contribution < 1.29 is 4.79 Å². The summed E-state index contributed by atoms with van der Waals surface area (Å²) < 4.78 is 3.58. The molecule has 0 saturated heterocycles. The molecular formula is C15H15N7O. The van der Waals surface area contributed by atoms with Crippen LogP contribution in [-0.2, 0) is 6.54 Å². The number of para-hydroxylation sites is 1. The summed E-state index contributed by atoms with van der Waals surface area (Å²) in [6, 6.07) is 10.0. The Balaban J connectivity index is 1.43. The number of carbonyl (C=O) groups excluding carboxylic acids is 1. The Hall–Kier alpha value is -3.03. The van der Waals surface area contributed by atoms with Crippen LogP contribution < -0.4 is 5.32 Å². The molecule has 4 rings (SSSR count). The predicted molar refractivity (Wildman–Crippen MR) is 80.8 cm³/mol. The zero-order valence-electron chi connectivity index (χ0n) is 12.3. The molecule has 1 aliphatic carbocycles. The van der Waals surface area contributed by atoms with E-state index in [1.807, 2.05) is 34.9 Å². The Morgan fingerprint density at radius 2 is 2.04 bits per heavy atom. The van der Waals surface area contributed by atoms with Crippen LogP contribution in [0.2, 0.25) is 0 Å². The van der Waals surface area contributed by atoms with Crippen molar-refractivity contribution in [1.82, 2.24) is 34.8 Å². The van der Waals surface area contributed by atoms with Gasteiger partial charge in [0.05, 0.1) is 12.2 Å². The molecule has 0 unspecified atom stereocenters. The summed E-state index contributed by atoms with van der Waals surface area (Å²) in [6.07, 6.45) is 5.52. The lowest BCUT2D eigenvalue weighted by Gasteiger charge is -2.05. The maximum absolute atomic E-state index is 12.2. The summed E-state index contributed by atoms with van der Waals surface area (Å²) >= 11 is 0. The van der Waals surface area contributed by atoms with E-state index in [0.717, 1.165) is 24.4 Å². The van der Waals surface area contributed by atoms with Gasteiger partial charge in [-0.25, -0.2) is 9.67 Å². The second-order valence-electron chi connectivity index (χ2n) is 5.42. The van der Waals surface area contributed by atoms with E-state index < -0.39 is 0 Å². The SMILES string of the molecule is O=C(NCc1nncn1C1CC1)c1ncn(-c2ccccc2)n1. The van der Waals surface area contributed by atoms with Crippen LogP contribution in [0.15, 0.2) is 43.0 Å². The fourth-order valence-electron chi connectivity index (χ4n) is 2.36. The number of rotatable bonds is 5. The standard InChI is InChI=1S/C15H15N7O/c23-15(16-8-13-19-18-10-21(13)11-6-7-11)14-17-9-22(20-14)12-4-2-1-3-5-12/h1-5,9-11H,6-8H2,(H,16,23). The Morgan fingerprint density at radius 1 is 1.22 bits per heavy atom. The van der Waals surface area contributed by atoms with Gasteiger partial charge in [-0.1, -0.05) is 18.2 Å². The number of nitrogens with one attached hydrogen (secondary N) is 1. The molecule has 0 bridgehead atoms. The van der Waals surface area contributed by atoms with Gasteiger partial charge in [-0.2, -0.15) is 0 Å². The maximum atomic E-state index is 12.2. The number of benzene rings is 1. The fourth-order valence-corrected chi connectivity index (χ4v) is 2.36. The van der Waals surface area contributed by atoms with E-state index in [1.54, 1.807) is 11.0 Å². The van der Waals surface area contributed by atoms with Gasteiger partial charge in [-0.05, 0) is 25.0 Å². The molecule has 1 fully saturated rings. The minimum atomic E-state index is -0.329. The first-order chi connectivity index (χ1) is 11.3. The molecule has 1 amide bonds. The number of hydrogen-bond donors (Lipinski definition) is 1. The third-order valence-electron chi connectivity index (χ3n) is 3.71. The number of carbonyl (C=O) groups is 1. The maximum Gasteiger partial charge on any atom is 0.291 e. The molecule has 1 saturated carbocycles. The third kappa shape index (κ3) is 2.83. The van der Waals surface area contributed by atoms with Gasteiger partial charge in [0.25, 0.3) is 5.91 Å². The second kappa shape index (κ2) is 5.64. The highest BCUT2D eigenvalue weighted by molar-refractivity contribution is 5.90.